The van der Waals surface area contributed by atoms with Crippen molar-refractivity contribution in [2.45, 2.75) is 50.5 Å². The van der Waals surface area contributed by atoms with Crippen molar-refractivity contribution < 1.29 is 9.53 Å². The Labute approximate surface area is 108 Å². The lowest BCUT2D eigenvalue weighted by Gasteiger charge is -2.38. The van der Waals surface area contributed by atoms with Crippen molar-refractivity contribution in [3.8, 4) is 0 Å². The van der Waals surface area contributed by atoms with Gasteiger partial charge >= 0.3 is 0 Å². The second kappa shape index (κ2) is 6.05. The van der Waals surface area contributed by atoms with Crippen LogP contribution in [0.5, 0.6) is 0 Å². The molecule has 1 saturated heterocycles. The van der Waals surface area contributed by atoms with Gasteiger partial charge in [0.2, 0.25) is 5.91 Å². The average Bonchev–Trinajstić information content (AvgIpc) is 2.41. The van der Waals surface area contributed by atoms with E-state index in [0.29, 0.717) is 19.1 Å². The van der Waals surface area contributed by atoms with Crippen LogP contribution in [0.4, 0.5) is 0 Å². The van der Waals surface area contributed by atoms with Crippen molar-refractivity contribution in [1.82, 2.24) is 5.32 Å². The Morgan fingerprint density at radius 3 is 2.47 bits per heavy atom. The van der Waals surface area contributed by atoms with E-state index < -0.39 is 0 Å². The summed E-state index contributed by atoms with van der Waals surface area (Å²) in [6.07, 6.45) is 7.40. The fourth-order valence-electron chi connectivity index (χ4n) is 2.84. The van der Waals surface area contributed by atoms with Gasteiger partial charge in [-0.1, -0.05) is 19.3 Å². The second-order valence-electron chi connectivity index (χ2n) is 5.35. The first-order chi connectivity index (χ1) is 8.26. The summed E-state index contributed by atoms with van der Waals surface area (Å²) in [5.74, 6) is 0.865. The molecule has 0 unspecified atom stereocenters. The number of rotatable bonds is 3. The summed E-state index contributed by atoms with van der Waals surface area (Å²) in [5, 5.41) is 3.23. The Hall–Kier alpha value is -0.280. The number of alkyl halides is 1. The number of hydrogen-bond acceptors (Lipinski definition) is 2. The highest BCUT2D eigenvalue weighted by Gasteiger charge is 2.34. The van der Waals surface area contributed by atoms with Gasteiger partial charge in [-0.25, -0.2) is 0 Å². The predicted octanol–water partition coefficient (Wildman–Crippen LogP) is 2.47. The van der Waals surface area contributed by atoms with Crippen molar-refractivity contribution in [3.63, 3.8) is 0 Å². The molecule has 17 heavy (non-hydrogen) atoms. The van der Waals surface area contributed by atoms with Crippen LogP contribution in [0.1, 0.15) is 44.9 Å². The lowest BCUT2D eigenvalue weighted by atomic mass is 9.82. The monoisotopic (exact) mass is 259 g/mol. The molecule has 1 amide bonds. The van der Waals surface area contributed by atoms with Crippen LogP contribution in [0, 0.1) is 5.92 Å². The van der Waals surface area contributed by atoms with Crippen LogP contribution in [0.3, 0.4) is 0 Å². The number of nitrogens with one attached hydrogen (secondary N) is 1. The van der Waals surface area contributed by atoms with Crippen molar-refractivity contribution in [2.75, 3.05) is 19.1 Å². The van der Waals surface area contributed by atoms with Gasteiger partial charge in [0.25, 0.3) is 0 Å². The minimum atomic E-state index is -0.130. The molecule has 1 saturated carbocycles. The third-order valence-electron chi connectivity index (χ3n) is 4.05. The lowest BCUT2D eigenvalue weighted by molar-refractivity contribution is -0.130. The van der Waals surface area contributed by atoms with Crippen molar-refractivity contribution in [1.29, 1.82) is 0 Å². The minimum absolute atomic E-state index is 0.130. The van der Waals surface area contributed by atoms with Gasteiger partial charge in [0, 0.05) is 25.0 Å². The second-order valence-corrected chi connectivity index (χ2v) is 5.62. The van der Waals surface area contributed by atoms with Gasteiger partial charge < -0.3 is 10.1 Å². The summed E-state index contributed by atoms with van der Waals surface area (Å²) in [6, 6.07) is 0. The normalized spacial score (nSPS) is 25.5. The van der Waals surface area contributed by atoms with Crippen molar-refractivity contribution in [3.05, 3.63) is 0 Å². The Morgan fingerprint density at radius 1 is 1.24 bits per heavy atom. The zero-order valence-corrected chi connectivity index (χ0v) is 11.1. The standard InChI is InChI=1S/C13H22ClNO2/c14-10-13(6-2-1-3-7-13)15-12(16)11-4-8-17-9-5-11/h11H,1-10H2,(H,15,16). The van der Waals surface area contributed by atoms with E-state index in [1.165, 1.54) is 19.3 Å². The molecule has 1 aliphatic carbocycles. The fourth-order valence-corrected chi connectivity index (χ4v) is 3.18. The summed E-state index contributed by atoms with van der Waals surface area (Å²) in [7, 11) is 0. The van der Waals surface area contributed by atoms with Gasteiger partial charge in [0.1, 0.15) is 0 Å². The lowest BCUT2D eigenvalue weighted by Crippen LogP contribution is -2.53. The third-order valence-corrected chi connectivity index (χ3v) is 4.56. The van der Waals surface area contributed by atoms with Crippen LogP contribution in [-0.2, 0) is 9.53 Å². The first-order valence-electron chi connectivity index (χ1n) is 6.71. The van der Waals surface area contributed by atoms with E-state index in [0.717, 1.165) is 25.7 Å². The minimum Gasteiger partial charge on any atom is -0.381 e. The van der Waals surface area contributed by atoms with Gasteiger partial charge in [0.05, 0.1) is 5.54 Å². The maximum absolute atomic E-state index is 12.2. The van der Waals surface area contributed by atoms with E-state index in [1.807, 2.05) is 0 Å². The smallest absolute Gasteiger partial charge is 0.223 e. The number of carbonyl (C=O) groups excluding carboxylic acids is 1. The molecule has 2 aliphatic rings. The fraction of sp³-hybridized carbons (Fsp3) is 0.923. The molecule has 0 aromatic rings. The molecule has 98 valence electrons. The highest BCUT2D eigenvalue weighted by molar-refractivity contribution is 6.18. The van der Waals surface area contributed by atoms with Gasteiger partial charge in [-0.15, -0.1) is 11.6 Å². The molecule has 0 spiro atoms. The Morgan fingerprint density at radius 2 is 1.88 bits per heavy atom. The molecule has 2 fully saturated rings. The van der Waals surface area contributed by atoms with Crippen LogP contribution in [-0.4, -0.2) is 30.5 Å². The van der Waals surface area contributed by atoms with Gasteiger partial charge in [-0.3, -0.25) is 4.79 Å². The first-order valence-corrected chi connectivity index (χ1v) is 7.25. The molecule has 1 heterocycles. The van der Waals surface area contributed by atoms with E-state index >= 15 is 0 Å². The maximum atomic E-state index is 12.2. The summed E-state index contributed by atoms with van der Waals surface area (Å²) in [6.45, 7) is 1.43. The third kappa shape index (κ3) is 3.35. The molecular weight excluding hydrogens is 238 g/mol. The molecule has 0 atom stereocenters. The average molecular weight is 260 g/mol. The molecule has 0 bridgehead atoms. The molecule has 1 N–H and O–H groups in total. The Bertz CT molecular complexity index is 258. The zero-order valence-electron chi connectivity index (χ0n) is 10.3. The predicted molar refractivity (Wildman–Crippen MR) is 68.2 cm³/mol. The number of ether oxygens (including phenoxy) is 1. The molecule has 1 aliphatic heterocycles. The largest absolute Gasteiger partial charge is 0.381 e. The molecule has 4 heteroatoms. The Kier molecular flexibility index (Phi) is 4.69. The van der Waals surface area contributed by atoms with E-state index in [2.05, 4.69) is 5.32 Å². The van der Waals surface area contributed by atoms with Gasteiger partial charge in [-0.05, 0) is 25.7 Å². The van der Waals surface area contributed by atoms with E-state index in [1.54, 1.807) is 0 Å². The van der Waals surface area contributed by atoms with Crippen LogP contribution >= 0.6 is 11.6 Å². The molecule has 2 rings (SSSR count). The highest BCUT2D eigenvalue weighted by atomic mass is 35.5. The van der Waals surface area contributed by atoms with Crippen LogP contribution in [0.25, 0.3) is 0 Å². The van der Waals surface area contributed by atoms with E-state index in [-0.39, 0.29) is 17.4 Å². The molecule has 0 aromatic carbocycles. The van der Waals surface area contributed by atoms with Crippen LogP contribution in [0.15, 0.2) is 0 Å². The summed E-state index contributed by atoms with van der Waals surface area (Å²) >= 11 is 6.08. The molecular formula is C13H22ClNO2. The van der Waals surface area contributed by atoms with Crippen LogP contribution in [0.2, 0.25) is 0 Å². The van der Waals surface area contributed by atoms with Crippen LogP contribution < -0.4 is 5.32 Å². The summed E-state index contributed by atoms with van der Waals surface area (Å²) in [4.78, 5) is 12.2. The number of amides is 1. The molecule has 3 nitrogen and oxygen atoms in total. The highest BCUT2D eigenvalue weighted by Crippen LogP contribution is 2.30. The Balaban J connectivity index is 1.90. The topological polar surface area (TPSA) is 38.3 Å². The first kappa shape index (κ1) is 13.2. The van der Waals surface area contributed by atoms with E-state index in [4.69, 9.17) is 16.3 Å². The number of halogens is 1. The quantitative estimate of drug-likeness (QED) is 0.791. The van der Waals surface area contributed by atoms with E-state index in [9.17, 15) is 4.79 Å². The summed E-state index contributed by atoms with van der Waals surface area (Å²) < 4.78 is 5.29. The number of carbonyl (C=O) groups is 1. The summed E-state index contributed by atoms with van der Waals surface area (Å²) in [5.41, 5.74) is -0.130. The molecule has 0 aromatic heterocycles. The zero-order chi connectivity index (χ0) is 12.1. The van der Waals surface area contributed by atoms with Crippen molar-refractivity contribution >= 4 is 17.5 Å². The van der Waals surface area contributed by atoms with Gasteiger partial charge in [-0.2, -0.15) is 0 Å². The number of hydrogen-bond donors (Lipinski definition) is 1. The molecule has 0 radical (unpaired) electrons. The maximum Gasteiger partial charge on any atom is 0.223 e. The SMILES string of the molecule is O=C(NC1(CCl)CCCCC1)C1CCOCC1. The van der Waals surface area contributed by atoms with Gasteiger partial charge in [0.15, 0.2) is 0 Å². The van der Waals surface area contributed by atoms with Crippen molar-refractivity contribution in [2.24, 2.45) is 5.92 Å².